The van der Waals surface area contributed by atoms with E-state index < -0.39 is 0 Å². The van der Waals surface area contributed by atoms with Crippen molar-refractivity contribution in [3.8, 4) is 0 Å². The zero-order valence-corrected chi connectivity index (χ0v) is 9.65. The van der Waals surface area contributed by atoms with Crippen LogP contribution in [0.2, 0.25) is 0 Å². The Bertz CT molecular complexity index is 315. The van der Waals surface area contributed by atoms with Gasteiger partial charge in [-0.15, -0.1) is 21.8 Å². The number of carbonyl (C=O) groups is 1. The Morgan fingerprint density at radius 2 is 2.36 bits per heavy atom. The van der Waals surface area contributed by atoms with Crippen molar-refractivity contribution in [3.63, 3.8) is 0 Å². The number of hydrogen-bond donors (Lipinski definition) is 1. The molecule has 1 heterocycles. The highest BCUT2D eigenvalue weighted by atomic mass is 35.5. The summed E-state index contributed by atoms with van der Waals surface area (Å²) in [6.07, 6.45) is 0.832. The van der Waals surface area contributed by atoms with Gasteiger partial charge in [0.2, 0.25) is 11.0 Å². The lowest BCUT2D eigenvalue weighted by molar-refractivity contribution is -0.118. The summed E-state index contributed by atoms with van der Waals surface area (Å²) in [6.45, 7) is 3.76. The van der Waals surface area contributed by atoms with Crippen molar-refractivity contribution in [1.29, 1.82) is 0 Å². The Morgan fingerprint density at radius 3 is 2.86 bits per heavy atom. The third-order valence-electron chi connectivity index (χ3n) is 1.68. The van der Waals surface area contributed by atoms with E-state index in [0.717, 1.165) is 11.4 Å². The Morgan fingerprint density at radius 1 is 1.64 bits per heavy atom. The first-order valence-electron chi connectivity index (χ1n) is 4.36. The fourth-order valence-corrected chi connectivity index (χ4v) is 1.57. The lowest BCUT2D eigenvalue weighted by atomic mass is 10.2. The molecule has 1 rings (SSSR count). The van der Waals surface area contributed by atoms with Crippen molar-refractivity contribution in [3.05, 3.63) is 5.01 Å². The molecule has 1 amide bonds. The van der Waals surface area contributed by atoms with E-state index in [0.29, 0.717) is 11.0 Å². The molecule has 1 aromatic rings. The lowest BCUT2D eigenvalue weighted by Crippen LogP contribution is -2.21. The van der Waals surface area contributed by atoms with Gasteiger partial charge in [-0.1, -0.05) is 25.2 Å². The van der Waals surface area contributed by atoms with Crippen LogP contribution in [0.15, 0.2) is 0 Å². The van der Waals surface area contributed by atoms with Gasteiger partial charge in [-0.25, -0.2) is 0 Å². The third-order valence-corrected chi connectivity index (χ3v) is 3.12. The summed E-state index contributed by atoms with van der Waals surface area (Å²) in [5, 5.41) is 11.9. The summed E-state index contributed by atoms with van der Waals surface area (Å²) in [7, 11) is 0. The number of nitrogens with zero attached hydrogens (tertiary/aromatic N) is 2. The minimum Gasteiger partial charge on any atom is -0.300 e. The van der Waals surface area contributed by atoms with Gasteiger partial charge >= 0.3 is 0 Å². The van der Waals surface area contributed by atoms with E-state index in [9.17, 15) is 4.79 Å². The van der Waals surface area contributed by atoms with Crippen LogP contribution in [0.3, 0.4) is 0 Å². The SMILES string of the molecule is CCc1nnc(NC(=O)C(C)CCl)s1. The number of anilines is 1. The molecule has 0 radical (unpaired) electrons. The molecular weight excluding hydrogens is 222 g/mol. The van der Waals surface area contributed by atoms with E-state index in [1.54, 1.807) is 6.92 Å². The second-order valence-corrected chi connectivity index (χ2v) is 4.27. The van der Waals surface area contributed by atoms with Gasteiger partial charge in [-0.2, -0.15) is 0 Å². The first kappa shape index (κ1) is 11.4. The molecule has 0 aromatic carbocycles. The van der Waals surface area contributed by atoms with Crippen LogP contribution in [0.25, 0.3) is 0 Å². The molecule has 1 N–H and O–H groups in total. The van der Waals surface area contributed by atoms with Crippen LogP contribution >= 0.6 is 22.9 Å². The Labute approximate surface area is 91.7 Å². The fourth-order valence-electron chi connectivity index (χ4n) is 0.746. The molecule has 0 spiro atoms. The third kappa shape index (κ3) is 2.92. The normalized spacial score (nSPS) is 12.5. The van der Waals surface area contributed by atoms with Gasteiger partial charge in [0.05, 0.1) is 0 Å². The van der Waals surface area contributed by atoms with Crippen molar-refractivity contribution < 1.29 is 4.79 Å². The second kappa shape index (κ2) is 5.26. The summed E-state index contributed by atoms with van der Waals surface area (Å²) >= 11 is 6.94. The van der Waals surface area contributed by atoms with Gasteiger partial charge in [-0.3, -0.25) is 4.79 Å². The summed E-state index contributed by atoms with van der Waals surface area (Å²) in [6, 6.07) is 0. The predicted octanol–water partition coefficient (Wildman–Crippen LogP) is 1.91. The largest absolute Gasteiger partial charge is 0.300 e. The average Bonchev–Trinajstić information content (AvgIpc) is 2.64. The van der Waals surface area contributed by atoms with E-state index in [1.807, 2.05) is 6.92 Å². The van der Waals surface area contributed by atoms with Crippen molar-refractivity contribution in [2.75, 3.05) is 11.2 Å². The fraction of sp³-hybridized carbons (Fsp3) is 0.625. The van der Waals surface area contributed by atoms with Gasteiger partial charge in [-0.05, 0) is 6.42 Å². The van der Waals surface area contributed by atoms with E-state index in [4.69, 9.17) is 11.6 Å². The molecule has 0 bridgehead atoms. The van der Waals surface area contributed by atoms with Gasteiger partial charge in [0, 0.05) is 11.8 Å². The highest BCUT2D eigenvalue weighted by Gasteiger charge is 2.13. The average molecular weight is 234 g/mol. The number of nitrogens with one attached hydrogen (secondary N) is 1. The van der Waals surface area contributed by atoms with Gasteiger partial charge in [0.15, 0.2) is 0 Å². The molecule has 14 heavy (non-hydrogen) atoms. The molecule has 6 heteroatoms. The van der Waals surface area contributed by atoms with Gasteiger partial charge < -0.3 is 5.32 Å². The van der Waals surface area contributed by atoms with E-state index in [-0.39, 0.29) is 11.8 Å². The lowest BCUT2D eigenvalue weighted by Gasteiger charge is -2.04. The summed E-state index contributed by atoms with van der Waals surface area (Å²) < 4.78 is 0. The van der Waals surface area contributed by atoms with E-state index in [1.165, 1.54) is 11.3 Å². The maximum Gasteiger partial charge on any atom is 0.230 e. The van der Waals surface area contributed by atoms with Crippen molar-refractivity contribution in [2.45, 2.75) is 20.3 Å². The van der Waals surface area contributed by atoms with Crippen LogP contribution in [0, 0.1) is 5.92 Å². The molecule has 0 saturated carbocycles. The number of aromatic nitrogens is 2. The monoisotopic (exact) mass is 233 g/mol. The van der Waals surface area contributed by atoms with Gasteiger partial charge in [0.25, 0.3) is 0 Å². The van der Waals surface area contributed by atoms with E-state index in [2.05, 4.69) is 15.5 Å². The van der Waals surface area contributed by atoms with Crippen LogP contribution < -0.4 is 5.32 Å². The predicted molar refractivity (Wildman–Crippen MR) is 57.8 cm³/mol. The van der Waals surface area contributed by atoms with Gasteiger partial charge in [0.1, 0.15) is 5.01 Å². The number of rotatable bonds is 4. The van der Waals surface area contributed by atoms with Crippen LogP contribution in [-0.2, 0) is 11.2 Å². The molecule has 0 fully saturated rings. The highest BCUT2D eigenvalue weighted by Crippen LogP contribution is 2.16. The van der Waals surface area contributed by atoms with Crippen LogP contribution in [-0.4, -0.2) is 22.0 Å². The molecule has 0 aliphatic carbocycles. The minimum atomic E-state index is -0.203. The quantitative estimate of drug-likeness (QED) is 0.809. The molecule has 1 atom stereocenters. The Kier molecular flexibility index (Phi) is 4.28. The summed E-state index contributed by atoms with van der Waals surface area (Å²) in [5.41, 5.74) is 0. The second-order valence-electron chi connectivity index (χ2n) is 2.90. The maximum absolute atomic E-state index is 11.4. The first-order valence-corrected chi connectivity index (χ1v) is 5.71. The van der Waals surface area contributed by atoms with Crippen LogP contribution in [0.1, 0.15) is 18.9 Å². The minimum absolute atomic E-state index is 0.112. The van der Waals surface area contributed by atoms with E-state index >= 15 is 0 Å². The van der Waals surface area contributed by atoms with Crippen molar-refractivity contribution >= 4 is 34.0 Å². The molecule has 1 aromatic heterocycles. The number of alkyl halides is 1. The maximum atomic E-state index is 11.4. The molecule has 0 saturated heterocycles. The Balaban J connectivity index is 2.56. The number of amides is 1. The number of carbonyl (C=O) groups excluding carboxylic acids is 1. The molecule has 0 aliphatic heterocycles. The zero-order chi connectivity index (χ0) is 10.6. The topological polar surface area (TPSA) is 54.9 Å². The highest BCUT2D eigenvalue weighted by molar-refractivity contribution is 7.15. The zero-order valence-electron chi connectivity index (χ0n) is 8.08. The molecule has 4 nitrogen and oxygen atoms in total. The standard InChI is InChI=1S/C8H12ClN3OS/c1-3-6-11-12-8(14-6)10-7(13)5(2)4-9/h5H,3-4H2,1-2H3,(H,10,12,13). The Hall–Kier alpha value is -0.680. The molecular formula is C8H12ClN3OS. The van der Waals surface area contributed by atoms with Crippen molar-refractivity contribution in [1.82, 2.24) is 10.2 Å². The number of hydrogen-bond acceptors (Lipinski definition) is 4. The molecule has 1 unspecified atom stereocenters. The smallest absolute Gasteiger partial charge is 0.230 e. The number of aryl methyl sites for hydroxylation is 1. The summed E-state index contributed by atoms with van der Waals surface area (Å²) in [5.74, 6) is -0.00454. The summed E-state index contributed by atoms with van der Waals surface area (Å²) in [4.78, 5) is 11.4. The van der Waals surface area contributed by atoms with Crippen LogP contribution in [0.5, 0.6) is 0 Å². The molecule has 0 aliphatic rings. The first-order chi connectivity index (χ1) is 6.67. The van der Waals surface area contributed by atoms with Crippen molar-refractivity contribution in [2.24, 2.45) is 5.92 Å². The number of halogens is 1. The van der Waals surface area contributed by atoms with Crippen LogP contribution in [0.4, 0.5) is 5.13 Å². The molecule has 78 valence electrons.